The number of benzene rings is 1. The highest BCUT2D eigenvalue weighted by Crippen LogP contribution is 2.38. The normalized spacial score (nSPS) is 21.5. The van der Waals surface area contributed by atoms with Crippen molar-refractivity contribution < 1.29 is 14.6 Å². The van der Waals surface area contributed by atoms with Crippen LogP contribution in [0.5, 0.6) is 0 Å². The summed E-state index contributed by atoms with van der Waals surface area (Å²) in [6.07, 6.45) is 4.64. The molecule has 1 aliphatic carbocycles. The van der Waals surface area contributed by atoms with E-state index in [4.69, 9.17) is 11.6 Å². The van der Waals surface area contributed by atoms with E-state index in [0.29, 0.717) is 44.7 Å². The molecule has 1 aliphatic heterocycles. The Morgan fingerprint density at radius 3 is 2.71 bits per heavy atom. The zero-order chi connectivity index (χ0) is 29.0. The quantitative estimate of drug-likeness (QED) is 0.193. The minimum atomic E-state index is -1.12. The Labute approximate surface area is 249 Å². The van der Waals surface area contributed by atoms with Crippen LogP contribution in [0.15, 0.2) is 47.6 Å². The first-order valence-corrected chi connectivity index (χ1v) is 15.3. The second-order valence-corrected chi connectivity index (χ2v) is 12.5. The highest BCUT2D eigenvalue weighted by Gasteiger charge is 2.40. The van der Waals surface area contributed by atoms with Crippen molar-refractivity contribution in [2.75, 3.05) is 56.2 Å². The Kier molecular flexibility index (Phi) is 9.63. The van der Waals surface area contributed by atoms with Gasteiger partial charge in [-0.25, -0.2) is 9.37 Å². The van der Waals surface area contributed by atoms with Crippen molar-refractivity contribution in [2.24, 2.45) is 5.92 Å². The van der Waals surface area contributed by atoms with Gasteiger partial charge < -0.3 is 25.7 Å². The number of likely N-dealkylation sites (N-methyl/N-ethyl adjacent to an activating group) is 1. The third-order valence-electron chi connectivity index (χ3n) is 7.97. The van der Waals surface area contributed by atoms with Crippen LogP contribution in [0.3, 0.4) is 0 Å². The number of rotatable bonds is 10. The van der Waals surface area contributed by atoms with Gasteiger partial charge in [0.1, 0.15) is 22.4 Å². The van der Waals surface area contributed by atoms with Crippen LogP contribution >= 0.6 is 23.4 Å². The molecule has 220 valence electrons. The molecule has 1 aromatic carbocycles. The number of aliphatic hydroxyl groups excluding tert-OH is 1. The minimum absolute atomic E-state index is 0.0221. The molecule has 2 unspecified atom stereocenters. The van der Waals surface area contributed by atoms with Gasteiger partial charge in [0.25, 0.3) is 0 Å². The first kappa shape index (κ1) is 29.9. The lowest BCUT2D eigenvalue weighted by molar-refractivity contribution is 0.0229. The minimum Gasteiger partial charge on any atom is -0.396 e. The van der Waals surface area contributed by atoms with E-state index in [1.54, 1.807) is 18.3 Å². The average Bonchev–Trinajstić information content (AvgIpc) is 3.46. The van der Waals surface area contributed by atoms with Crippen LogP contribution in [-0.4, -0.2) is 92.5 Å². The Morgan fingerprint density at radius 2 is 1.93 bits per heavy atom. The molecule has 12 heteroatoms. The Bertz CT molecular complexity index is 1340. The molecule has 9 nitrogen and oxygen atoms in total. The molecular weight excluding hydrogens is 565 g/mol. The fraction of sp³-hybridized carbons (Fsp3) is 0.483. The molecule has 0 spiro atoms. The molecule has 0 bridgehead atoms. The molecule has 41 heavy (non-hydrogen) atoms. The van der Waals surface area contributed by atoms with Gasteiger partial charge in [0, 0.05) is 72.4 Å². The highest BCUT2D eigenvalue weighted by molar-refractivity contribution is 7.99. The molecular formula is C29H37ClFN7O2S. The Morgan fingerprint density at radius 1 is 1.12 bits per heavy atom. The summed E-state index contributed by atoms with van der Waals surface area (Å²) in [6.45, 7) is 6.13. The topological polar surface area (TPSA) is 110 Å². The zero-order valence-electron chi connectivity index (χ0n) is 23.4. The largest absolute Gasteiger partial charge is 0.396 e. The SMILES string of the molecule is CN1CCN(C2CC[C@H](C(C)(O)Nc3cc(Nc4cc(-c5cc(Cl)ccc5F)nnc4SCCO)ccn3)C2)CC1. The number of hydrogen-bond donors (Lipinski definition) is 4. The fourth-order valence-electron chi connectivity index (χ4n) is 5.62. The van der Waals surface area contributed by atoms with Crippen molar-refractivity contribution in [3.63, 3.8) is 0 Å². The maximum atomic E-state index is 14.6. The Hall–Kier alpha value is -2.54. The van der Waals surface area contributed by atoms with Gasteiger partial charge in [0.2, 0.25) is 0 Å². The maximum absolute atomic E-state index is 14.6. The average molecular weight is 602 g/mol. The number of nitrogens with zero attached hydrogens (tertiary/aromatic N) is 5. The molecule has 5 rings (SSSR count). The van der Waals surface area contributed by atoms with Crippen LogP contribution in [0.1, 0.15) is 26.2 Å². The van der Waals surface area contributed by atoms with E-state index in [0.717, 1.165) is 45.4 Å². The summed E-state index contributed by atoms with van der Waals surface area (Å²) in [5.41, 5.74) is 0.752. The van der Waals surface area contributed by atoms with E-state index in [-0.39, 0.29) is 18.1 Å². The lowest BCUT2D eigenvalue weighted by Gasteiger charge is -2.37. The van der Waals surface area contributed by atoms with Gasteiger partial charge in [-0.2, -0.15) is 0 Å². The predicted molar refractivity (Wildman–Crippen MR) is 162 cm³/mol. The number of aromatic nitrogens is 3. The molecule has 0 radical (unpaired) electrons. The van der Waals surface area contributed by atoms with E-state index in [9.17, 15) is 14.6 Å². The van der Waals surface area contributed by atoms with Crippen LogP contribution in [0, 0.1) is 11.7 Å². The first-order chi connectivity index (χ1) is 19.7. The third-order valence-corrected chi connectivity index (χ3v) is 9.17. The number of halogens is 2. The number of thioether (sulfide) groups is 1. The molecule has 2 aliphatic rings. The molecule has 3 aromatic rings. The van der Waals surface area contributed by atoms with Crippen LogP contribution < -0.4 is 10.6 Å². The van der Waals surface area contributed by atoms with Crippen LogP contribution in [0.2, 0.25) is 5.02 Å². The molecule has 2 aromatic heterocycles. The van der Waals surface area contributed by atoms with Crippen molar-refractivity contribution >= 4 is 40.6 Å². The number of nitrogens with one attached hydrogen (secondary N) is 2. The molecule has 3 atom stereocenters. The van der Waals surface area contributed by atoms with Crippen molar-refractivity contribution in [1.82, 2.24) is 25.0 Å². The van der Waals surface area contributed by atoms with Gasteiger partial charge in [0.15, 0.2) is 0 Å². The standard InChI is InChI=1S/C29H37ClFN7O2S/c1-29(40,19-3-5-22(15-19)38-11-9-37(2)10-12-38)34-27-17-21(7-8-32-27)33-26-18-25(35-36-28(26)41-14-13-39)23-16-20(30)4-6-24(23)31/h4,6-8,16-19,22,39-40H,3,5,9-15H2,1-2H3,(H2,32,33,34,35)/t19-,22?,29?/m0/s1. The highest BCUT2D eigenvalue weighted by atomic mass is 35.5. The van der Waals surface area contributed by atoms with Crippen molar-refractivity contribution in [1.29, 1.82) is 0 Å². The van der Waals surface area contributed by atoms with Crippen LogP contribution in [-0.2, 0) is 0 Å². The number of pyridine rings is 1. The third kappa shape index (κ3) is 7.46. The van der Waals surface area contributed by atoms with Gasteiger partial charge in [-0.1, -0.05) is 11.6 Å². The van der Waals surface area contributed by atoms with Gasteiger partial charge in [0.05, 0.1) is 18.0 Å². The molecule has 1 saturated carbocycles. The van der Waals surface area contributed by atoms with Crippen molar-refractivity contribution in [3.05, 3.63) is 53.4 Å². The van der Waals surface area contributed by atoms with E-state index in [2.05, 4.69) is 42.7 Å². The summed E-state index contributed by atoms with van der Waals surface area (Å²) in [5, 5.41) is 36.9. The maximum Gasteiger partial charge on any atom is 0.142 e. The summed E-state index contributed by atoms with van der Waals surface area (Å²) in [7, 11) is 2.16. The van der Waals surface area contributed by atoms with Crippen LogP contribution in [0.4, 0.5) is 21.6 Å². The fourth-order valence-corrected chi connectivity index (χ4v) is 6.45. The lowest BCUT2D eigenvalue weighted by Crippen LogP contribution is -2.49. The van der Waals surface area contributed by atoms with E-state index < -0.39 is 11.5 Å². The predicted octanol–water partition coefficient (Wildman–Crippen LogP) is 4.70. The second-order valence-electron chi connectivity index (χ2n) is 11.0. The van der Waals surface area contributed by atoms with Gasteiger partial charge in [-0.3, -0.25) is 4.90 Å². The molecule has 4 N–H and O–H groups in total. The van der Waals surface area contributed by atoms with Gasteiger partial charge >= 0.3 is 0 Å². The summed E-state index contributed by atoms with van der Waals surface area (Å²) < 4.78 is 14.6. The summed E-state index contributed by atoms with van der Waals surface area (Å²) >= 11 is 7.44. The van der Waals surface area contributed by atoms with Crippen LogP contribution in [0.25, 0.3) is 11.3 Å². The second kappa shape index (κ2) is 13.2. The van der Waals surface area contributed by atoms with Gasteiger partial charge in [-0.05, 0) is 63.6 Å². The molecule has 0 amide bonds. The summed E-state index contributed by atoms with van der Waals surface area (Å²) in [6, 6.07) is 10.1. The monoisotopic (exact) mass is 601 g/mol. The van der Waals surface area contributed by atoms with Gasteiger partial charge in [-0.15, -0.1) is 22.0 Å². The molecule has 2 fully saturated rings. The Balaban J connectivity index is 1.31. The summed E-state index contributed by atoms with van der Waals surface area (Å²) in [4.78, 5) is 9.38. The number of hydrogen-bond acceptors (Lipinski definition) is 10. The molecule has 3 heterocycles. The zero-order valence-corrected chi connectivity index (χ0v) is 24.9. The van der Waals surface area contributed by atoms with Crippen molar-refractivity contribution in [2.45, 2.75) is 43.0 Å². The smallest absolute Gasteiger partial charge is 0.142 e. The van der Waals surface area contributed by atoms with E-state index >= 15 is 0 Å². The van der Waals surface area contributed by atoms with E-state index in [1.807, 2.05) is 13.0 Å². The number of anilines is 3. The first-order valence-electron chi connectivity index (χ1n) is 13.9. The number of aliphatic hydroxyl groups is 2. The lowest BCUT2D eigenvalue weighted by atomic mass is 9.95. The van der Waals surface area contributed by atoms with Crippen molar-refractivity contribution in [3.8, 4) is 11.3 Å². The van der Waals surface area contributed by atoms with E-state index in [1.165, 1.54) is 30.0 Å². The number of piperazine rings is 1. The molecule has 1 saturated heterocycles. The summed E-state index contributed by atoms with van der Waals surface area (Å²) in [5.74, 6) is 0.615.